The van der Waals surface area contributed by atoms with E-state index in [4.69, 9.17) is 0 Å². The molecule has 3 aliphatic heterocycles. The third-order valence-electron chi connectivity index (χ3n) is 6.85. The topological polar surface area (TPSA) is 43.9 Å². The van der Waals surface area contributed by atoms with Crippen LogP contribution in [0, 0.1) is 5.92 Å². The maximum Gasteiger partial charge on any atom is 0.244 e. The van der Waals surface area contributed by atoms with Gasteiger partial charge in [0.15, 0.2) is 0 Å². The van der Waals surface area contributed by atoms with Crippen LogP contribution in [0.15, 0.2) is 24.3 Å². The van der Waals surface area contributed by atoms with Crippen LogP contribution in [0.2, 0.25) is 0 Å². The predicted molar refractivity (Wildman–Crippen MR) is 111 cm³/mol. The van der Waals surface area contributed by atoms with Crippen molar-refractivity contribution in [3.8, 4) is 0 Å². The summed E-state index contributed by atoms with van der Waals surface area (Å²) in [7, 11) is 0. The number of fused-ring (bicyclic) bond motifs is 1. The number of carbonyl (C=O) groups excluding carboxylic acids is 2. The maximum atomic E-state index is 13.1. The number of anilines is 1. The minimum atomic E-state index is -0.125. The first-order valence-electron chi connectivity index (χ1n) is 11.1. The van der Waals surface area contributed by atoms with Gasteiger partial charge in [0, 0.05) is 31.2 Å². The van der Waals surface area contributed by atoms with Gasteiger partial charge in [-0.2, -0.15) is 0 Å². The van der Waals surface area contributed by atoms with Gasteiger partial charge in [0.1, 0.15) is 0 Å². The largest absolute Gasteiger partial charge is 0.342 e. The molecule has 0 unspecified atom stereocenters. The van der Waals surface area contributed by atoms with E-state index in [2.05, 4.69) is 21.9 Å². The Balaban J connectivity index is 1.32. The third-order valence-corrected chi connectivity index (χ3v) is 6.85. The quantitative estimate of drug-likeness (QED) is 0.806. The molecule has 2 amide bonds. The lowest BCUT2D eigenvalue weighted by molar-refractivity contribution is -0.137. The monoisotopic (exact) mass is 383 g/mol. The number of piperidine rings is 1. The molecule has 2 saturated heterocycles. The Bertz CT molecular complexity index is 704. The molecule has 1 aromatic rings. The molecular weight excluding hydrogens is 350 g/mol. The van der Waals surface area contributed by atoms with Gasteiger partial charge < -0.3 is 9.80 Å². The molecule has 3 heterocycles. The van der Waals surface area contributed by atoms with E-state index < -0.39 is 0 Å². The molecule has 0 aliphatic carbocycles. The second-order valence-corrected chi connectivity index (χ2v) is 8.59. The van der Waals surface area contributed by atoms with Gasteiger partial charge >= 0.3 is 0 Å². The lowest BCUT2D eigenvalue weighted by Crippen LogP contribution is -2.51. The molecule has 0 aromatic heterocycles. The van der Waals surface area contributed by atoms with Crippen LogP contribution in [-0.4, -0.2) is 60.4 Å². The molecule has 3 aliphatic rings. The Hall–Kier alpha value is -1.88. The Morgan fingerprint density at radius 1 is 0.929 bits per heavy atom. The molecule has 2 fully saturated rings. The van der Waals surface area contributed by atoms with Gasteiger partial charge in [-0.15, -0.1) is 0 Å². The molecule has 5 nitrogen and oxygen atoms in total. The lowest BCUT2D eigenvalue weighted by Gasteiger charge is -2.37. The normalized spacial score (nSPS) is 22.6. The second-order valence-electron chi connectivity index (χ2n) is 8.59. The van der Waals surface area contributed by atoms with Crippen molar-refractivity contribution in [2.75, 3.05) is 37.6 Å². The van der Waals surface area contributed by atoms with E-state index in [0.717, 1.165) is 70.5 Å². The first kappa shape index (κ1) is 19.4. The molecule has 0 bridgehead atoms. The minimum absolute atomic E-state index is 0.125. The van der Waals surface area contributed by atoms with Gasteiger partial charge in [0.2, 0.25) is 11.8 Å². The fraction of sp³-hybridized carbons (Fsp3) is 0.652. The Kier molecular flexibility index (Phi) is 6.00. The summed E-state index contributed by atoms with van der Waals surface area (Å²) in [6.07, 6.45) is 7.50. The average molecular weight is 384 g/mol. The summed E-state index contributed by atoms with van der Waals surface area (Å²) < 4.78 is 0. The zero-order chi connectivity index (χ0) is 19.5. The predicted octanol–water partition coefficient (Wildman–Crippen LogP) is 3.08. The smallest absolute Gasteiger partial charge is 0.244 e. The van der Waals surface area contributed by atoms with Crippen LogP contribution in [0.3, 0.4) is 0 Å². The average Bonchev–Trinajstić information content (AvgIpc) is 2.98. The molecule has 0 saturated carbocycles. The van der Waals surface area contributed by atoms with E-state index in [9.17, 15) is 9.59 Å². The zero-order valence-electron chi connectivity index (χ0n) is 17.1. The van der Waals surface area contributed by atoms with E-state index in [1.807, 2.05) is 24.0 Å². The van der Waals surface area contributed by atoms with Crippen molar-refractivity contribution in [1.82, 2.24) is 9.80 Å². The highest BCUT2D eigenvalue weighted by Gasteiger charge is 2.35. The molecule has 152 valence electrons. The molecule has 0 spiro atoms. The van der Waals surface area contributed by atoms with Crippen LogP contribution >= 0.6 is 0 Å². The van der Waals surface area contributed by atoms with Gasteiger partial charge in [0.25, 0.3) is 0 Å². The SMILES string of the molecule is C[C@H](C(=O)N1CCc2ccccc21)N1CCC(C(=O)N2CCCCCC2)CC1. The van der Waals surface area contributed by atoms with Crippen LogP contribution in [0.4, 0.5) is 5.69 Å². The summed E-state index contributed by atoms with van der Waals surface area (Å²) in [5.41, 5.74) is 2.34. The van der Waals surface area contributed by atoms with E-state index in [1.54, 1.807) is 0 Å². The van der Waals surface area contributed by atoms with Crippen molar-refractivity contribution >= 4 is 17.5 Å². The third kappa shape index (κ3) is 3.95. The van der Waals surface area contributed by atoms with Crippen molar-refractivity contribution in [3.05, 3.63) is 29.8 Å². The van der Waals surface area contributed by atoms with E-state index >= 15 is 0 Å². The second kappa shape index (κ2) is 8.64. The highest BCUT2D eigenvalue weighted by atomic mass is 16.2. The standard InChI is InChI=1S/C23H33N3O2/c1-18(22(27)26-17-12-19-8-4-5-9-21(19)26)24-15-10-20(11-16-24)23(28)25-13-6-2-3-7-14-25/h4-5,8-9,18,20H,2-3,6-7,10-17H2,1H3/t18-/m1/s1. The van der Waals surface area contributed by atoms with Gasteiger partial charge in [-0.1, -0.05) is 31.0 Å². The fourth-order valence-corrected chi connectivity index (χ4v) is 5.03. The summed E-state index contributed by atoms with van der Waals surface area (Å²) in [6, 6.07) is 8.10. The van der Waals surface area contributed by atoms with Crippen LogP contribution in [0.5, 0.6) is 0 Å². The summed E-state index contributed by atoms with van der Waals surface area (Å²) in [5, 5.41) is 0. The summed E-state index contributed by atoms with van der Waals surface area (Å²) >= 11 is 0. The molecular formula is C23H33N3O2. The van der Waals surface area contributed by atoms with Gasteiger partial charge in [-0.3, -0.25) is 14.5 Å². The molecule has 0 N–H and O–H groups in total. The highest BCUT2D eigenvalue weighted by molar-refractivity contribution is 5.98. The number of likely N-dealkylation sites (tertiary alicyclic amines) is 2. The number of hydrogen-bond donors (Lipinski definition) is 0. The number of hydrogen-bond acceptors (Lipinski definition) is 3. The summed E-state index contributed by atoms with van der Waals surface area (Å²) in [6.45, 7) is 6.36. The van der Waals surface area contributed by atoms with Crippen molar-refractivity contribution < 1.29 is 9.59 Å². The molecule has 5 heteroatoms. The number of carbonyl (C=O) groups is 2. The number of amides is 2. The molecule has 0 radical (unpaired) electrons. The Morgan fingerprint density at radius 3 is 2.32 bits per heavy atom. The Labute approximate surface area is 168 Å². The summed E-state index contributed by atoms with van der Waals surface area (Å²) in [5.74, 6) is 0.695. The van der Waals surface area contributed by atoms with Crippen molar-refractivity contribution in [2.24, 2.45) is 5.92 Å². The number of nitrogens with zero attached hydrogens (tertiary/aromatic N) is 3. The number of benzene rings is 1. The molecule has 4 rings (SSSR count). The van der Waals surface area contributed by atoms with E-state index in [-0.39, 0.29) is 17.9 Å². The maximum absolute atomic E-state index is 13.1. The van der Waals surface area contributed by atoms with Gasteiger partial charge in [-0.25, -0.2) is 0 Å². The minimum Gasteiger partial charge on any atom is -0.342 e. The molecule has 28 heavy (non-hydrogen) atoms. The van der Waals surface area contributed by atoms with Crippen molar-refractivity contribution in [3.63, 3.8) is 0 Å². The Morgan fingerprint density at radius 2 is 1.61 bits per heavy atom. The molecule has 1 atom stereocenters. The summed E-state index contributed by atoms with van der Waals surface area (Å²) in [4.78, 5) is 32.3. The van der Waals surface area contributed by atoms with Gasteiger partial charge in [-0.05, 0) is 63.7 Å². The van der Waals surface area contributed by atoms with Crippen LogP contribution < -0.4 is 4.90 Å². The van der Waals surface area contributed by atoms with E-state index in [1.165, 1.54) is 18.4 Å². The van der Waals surface area contributed by atoms with E-state index in [0.29, 0.717) is 5.91 Å². The van der Waals surface area contributed by atoms with Crippen molar-refractivity contribution in [1.29, 1.82) is 0 Å². The fourth-order valence-electron chi connectivity index (χ4n) is 5.03. The number of para-hydroxylation sites is 1. The van der Waals surface area contributed by atoms with Gasteiger partial charge in [0.05, 0.1) is 6.04 Å². The first-order chi connectivity index (χ1) is 13.6. The van der Waals surface area contributed by atoms with Crippen LogP contribution in [0.25, 0.3) is 0 Å². The first-order valence-corrected chi connectivity index (χ1v) is 11.1. The van der Waals surface area contributed by atoms with Crippen LogP contribution in [-0.2, 0) is 16.0 Å². The highest BCUT2D eigenvalue weighted by Crippen LogP contribution is 2.29. The number of rotatable bonds is 3. The lowest BCUT2D eigenvalue weighted by atomic mass is 9.94. The van der Waals surface area contributed by atoms with Crippen molar-refractivity contribution in [2.45, 2.75) is 57.9 Å². The molecule has 1 aromatic carbocycles. The van der Waals surface area contributed by atoms with Crippen LogP contribution in [0.1, 0.15) is 51.0 Å². The zero-order valence-corrected chi connectivity index (χ0v) is 17.1.